The van der Waals surface area contributed by atoms with E-state index in [0.29, 0.717) is 10.7 Å². The largest absolute Gasteiger partial charge is 0.475 e. The molecule has 4 N–H and O–H groups in total. The number of nitrogens with one attached hydrogen (secondary N) is 1. The molecule has 0 saturated carbocycles. The van der Waals surface area contributed by atoms with Crippen molar-refractivity contribution in [2.45, 2.75) is 0 Å². The number of hydrogen-bond acceptors (Lipinski definition) is 5. The zero-order valence-corrected chi connectivity index (χ0v) is 12.1. The molecule has 1 aromatic carbocycles. The number of para-hydroxylation sites is 1. The summed E-state index contributed by atoms with van der Waals surface area (Å²) in [7, 11) is 0. The van der Waals surface area contributed by atoms with Gasteiger partial charge in [-0.2, -0.15) is 0 Å². The summed E-state index contributed by atoms with van der Waals surface area (Å²) in [5.74, 6) is -1.55. The Morgan fingerprint density at radius 1 is 1.43 bits per heavy atom. The number of benzene rings is 1. The fourth-order valence-corrected chi connectivity index (χ4v) is 1.81. The lowest BCUT2D eigenvalue weighted by Gasteiger charge is -2.15. The van der Waals surface area contributed by atoms with Crippen molar-refractivity contribution in [3.63, 3.8) is 0 Å². The summed E-state index contributed by atoms with van der Waals surface area (Å²) >= 11 is 9.82. The van der Waals surface area contributed by atoms with Gasteiger partial charge in [0.15, 0.2) is 0 Å². The Balaban J connectivity index is 2.15. The molecule has 0 fully saturated rings. The summed E-state index contributed by atoms with van der Waals surface area (Å²) in [6, 6.07) is 5.29. The van der Waals surface area contributed by atoms with Gasteiger partial charge in [-0.05, 0) is 12.1 Å². The number of nitrogens with zero attached hydrogens (tertiary/aromatic N) is 1. The van der Waals surface area contributed by atoms with E-state index in [1.54, 1.807) is 18.2 Å². The van der Waals surface area contributed by atoms with E-state index < -0.39 is 12.0 Å². The number of thiol groups is 1. The smallest absolute Gasteiger partial charge is 0.371 e. The highest BCUT2D eigenvalue weighted by atomic mass is 35.5. The molecule has 2 rings (SSSR count). The van der Waals surface area contributed by atoms with Crippen LogP contribution in [0.15, 0.2) is 34.9 Å². The molecule has 0 atom stereocenters. The van der Waals surface area contributed by atoms with Crippen molar-refractivity contribution in [1.82, 2.24) is 0 Å². The summed E-state index contributed by atoms with van der Waals surface area (Å²) in [5, 5.41) is 11.6. The van der Waals surface area contributed by atoms with Crippen LogP contribution in [0.1, 0.15) is 10.6 Å². The molecule has 0 bridgehead atoms. The molecule has 0 radical (unpaired) electrons. The number of carbonyl (C=O) groups excluding carboxylic acids is 1. The van der Waals surface area contributed by atoms with Crippen molar-refractivity contribution in [3.05, 3.63) is 41.3 Å². The highest BCUT2D eigenvalue weighted by Crippen LogP contribution is 2.28. The summed E-state index contributed by atoms with van der Waals surface area (Å²) in [6.45, 7) is 0. The molecule has 21 heavy (non-hydrogen) atoms. The van der Waals surface area contributed by atoms with E-state index >= 15 is 0 Å². The number of hydrogen-bond donors (Lipinski definition) is 4. The number of rotatable bonds is 3. The zero-order chi connectivity index (χ0) is 15.6. The van der Waals surface area contributed by atoms with Crippen LogP contribution in [0.5, 0.6) is 0 Å². The minimum atomic E-state index is -1.25. The molecule has 0 saturated heterocycles. The minimum absolute atomic E-state index is 0.161. The summed E-state index contributed by atoms with van der Waals surface area (Å²) < 4.78 is 5.66. The number of anilines is 3. The maximum Gasteiger partial charge on any atom is 0.371 e. The molecule has 0 aliphatic rings. The fourth-order valence-electron chi connectivity index (χ4n) is 1.48. The second-order valence-electron chi connectivity index (χ2n) is 3.92. The van der Waals surface area contributed by atoms with Crippen molar-refractivity contribution in [3.8, 4) is 0 Å². The van der Waals surface area contributed by atoms with E-state index in [9.17, 15) is 9.59 Å². The second-order valence-corrected chi connectivity index (χ2v) is 4.72. The van der Waals surface area contributed by atoms with Crippen LogP contribution in [0.3, 0.4) is 0 Å². The lowest BCUT2D eigenvalue weighted by atomic mass is 10.3. The molecule has 7 nitrogen and oxygen atoms in total. The van der Waals surface area contributed by atoms with Gasteiger partial charge in [-0.25, -0.2) is 13.9 Å². The van der Waals surface area contributed by atoms with Crippen molar-refractivity contribution >= 4 is 53.5 Å². The van der Waals surface area contributed by atoms with Gasteiger partial charge in [0, 0.05) is 6.07 Å². The van der Waals surface area contributed by atoms with Gasteiger partial charge >= 0.3 is 12.0 Å². The molecule has 1 heterocycles. The van der Waals surface area contributed by atoms with Gasteiger partial charge in [0.25, 0.3) is 0 Å². The molecule has 110 valence electrons. The van der Waals surface area contributed by atoms with Crippen LogP contribution >= 0.6 is 24.4 Å². The summed E-state index contributed by atoms with van der Waals surface area (Å²) in [4.78, 5) is 22.7. The Kier molecular flexibility index (Phi) is 4.29. The molecular formula is C12H10ClN3O4S. The lowest BCUT2D eigenvalue weighted by molar-refractivity contribution is 0.0662. The Labute approximate surface area is 129 Å². The normalized spacial score (nSPS) is 10.2. The van der Waals surface area contributed by atoms with E-state index in [1.165, 1.54) is 0 Å². The standard InChI is InChI=1S/C12H10ClN3O4S/c13-7-2-1-3-8(10(7)14)15-12(19)16(21)6-4-9(11(17)18)20-5-6/h1-5,21H,14H2,(H,15,19)(H,17,18). The number of urea groups is 1. The molecule has 0 aliphatic carbocycles. The summed E-state index contributed by atoms with van der Waals surface area (Å²) in [6.07, 6.45) is 1.09. The first-order chi connectivity index (χ1) is 9.90. The third kappa shape index (κ3) is 3.23. The Morgan fingerprint density at radius 3 is 2.76 bits per heavy atom. The van der Waals surface area contributed by atoms with E-state index in [1.807, 2.05) is 0 Å². The highest BCUT2D eigenvalue weighted by Gasteiger charge is 2.18. The molecule has 1 aromatic heterocycles. The number of aromatic carboxylic acids is 1. The van der Waals surface area contributed by atoms with Crippen molar-refractivity contribution in [2.24, 2.45) is 0 Å². The van der Waals surface area contributed by atoms with Crippen molar-refractivity contribution < 1.29 is 19.1 Å². The predicted molar refractivity (Wildman–Crippen MR) is 82.0 cm³/mol. The maximum absolute atomic E-state index is 12.0. The molecule has 0 aliphatic heterocycles. The fraction of sp³-hybridized carbons (Fsp3) is 0. The topological polar surface area (TPSA) is 109 Å². The molecule has 9 heteroatoms. The second kappa shape index (κ2) is 5.98. The van der Waals surface area contributed by atoms with Crippen molar-refractivity contribution in [2.75, 3.05) is 15.4 Å². The first-order valence-electron chi connectivity index (χ1n) is 5.56. The predicted octanol–water partition coefficient (Wildman–Crippen LogP) is 3.10. The number of halogens is 1. The van der Waals surface area contributed by atoms with Crippen LogP contribution in [0, 0.1) is 0 Å². The van der Waals surface area contributed by atoms with Gasteiger partial charge in [0.2, 0.25) is 5.76 Å². The van der Waals surface area contributed by atoms with Crippen LogP contribution in [-0.2, 0) is 0 Å². The van der Waals surface area contributed by atoms with Gasteiger partial charge in [-0.3, -0.25) is 0 Å². The molecular weight excluding hydrogens is 318 g/mol. The monoisotopic (exact) mass is 327 g/mol. The van der Waals surface area contributed by atoms with Gasteiger partial charge in [0.05, 0.1) is 22.1 Å². The number of carbonyl (C=O) groups is 2. The van der Waals surface area contributed by atoms with E-state index in [2.05, 4.69) is 18.1 Å². The van der Waals surface area contributed by atoms with Crippen LogP contribution < -0.4 is 15.4 Å². The van der Waals surface area contributed by atoms with Gasteiger partial charge in [-0.15, -0.1) is 0 Å². The van der Waals surface area contributed by atoms with Gasteiger partial charge < -0.3 is 20.6 Å². The zero-order valence-electron chi connectivity index (χ0n) is 10.4. The first kappa shape index (κ1) is 15.1. The lowest BCUT2D eigenvalue weighted by Crippen LogP contribution is -2.26. The molecule has 2 amide bonds. The molecule has 0 spiro atoms. The van der Waals surface area contributed by atoms with E-state index in [4.69, 9.17) is 26.9 Å². The van der Waals surface area contributed by atoms with Crippen LogP contribution in [0.4, 0.5) is 21.9 Å². The average Bonchev–Trinajstić information content (AvgIpc) is 2.93. The first-order valence-corrected chi connectivity index (χ1v) is 6.33. The van der Waals surface area contributed by atoms with Gasteiger partial charge in [-0.1, -0.05) is 30.5 Å². The minimum Gasteiger partial charge on any atom is -0.475 e. The maximum atomic E-state index is 12.0. The molecule has 0 unspecified atom stereocenters. The van der Waals surface area contributed by atoms with E-state index in [0.717, 1.165) is 16.6 Å². The average molecular weight is 328 g/mol. The molecule has 2 aromatic rings. The highest BCUT2D eigenvalue weighted by molar-refractivity contribution is 7.82. The Bertz CT molecular complexity index is 704. The third-order valence-corrected chi connectivity index (χ3v) is 3.27. The van der Waals surface area contributed by atoms with Crippen molar-refractivity contribution in [1.29, 1.82) is 0 Å². The number of nitrogen functional groups attached to an aromatic ring is 1. The Morgan fingerprint density at radius 2 is 2.14 bits per heavy atom. The summed E-state index contributed by atoms with van der Waals surface area (Å²) in [5.41, 5.74) is 6.42. The van der Waals surface area contributed by atoms with Gasteiger partial charge in [0.1, 0.15) is 6.26 Å². The SMILES string of the molecule is Nc1c(Cl)cccc1NC(=O)N(S)c1coc(C(=O)O)c1. The number of carboxylic acids is 1. The van der Waals surface area contributed by atoms with Crippen LogP contribution in [0.2, 0.25) is 5.02 Å². The number of furan rings is 1. The van der Waals surface area contributed by atoms with Crippen LogP contribution in [-0.4, -0.2) is 17.1 Å². The van der Waals surface area contributed by atoms with E-state index in [-0.39, 0.29) is 17.1 Å². The third-order valence-electron chi connectivity index (χ3n) is 2.53. The van der Waals surface area contributed by atoms with Crippen LogP contribution in [0.25, 0.3) is 0 Å². The Hall–Kier alpha value is -2.32. The number of nitrogens with two attached hydrogens (primary N) is 1. The quantitative estimate of drug-likeness (QED) is 0.511. The number of amides is 2. The number of carboxylic acid groups (broad SMARTS) is 1.